The number of ether oxygens (including phenoxy) is 2. The Kier molecular flexibility index (Phi) is 4.86. The van der Waals surface area contributed by atoms with Gasteiger partial charge in [-0.3, -0.25) is 9.78 Å². The largest absolute Gasteiger partial charge is 0.438 e. The van der Waals surface area contributed by atoms with Gasteiger partial charge >= 0.3 is 6.09 Å². The number of amides is 2. The molecule has 3 aliphatic rings. The Morgan fingerprint density at radius 2 is 2.30 bits per heavy atom. The maximum absolute atomic E-state index is 12.4. The number of nitrogens with one attached hydrogen (secondary N) is 1. The lowest BCUT2D eigenvalue weighted by Crippen LogP contribution is -2.53. The molecule has 27 heavy (non-hydrogen) atoms. The van der Waals surface area contributed by atoms with E-state index in [1.54, 1.807) is 18.5 Å². The molecule has 1 unspecified atom stereocenters. The summed E-state index contributed by atoms with van der Waals surface area (Å²) in [5, 5.41) is 2.98. The molecule has 3 atom stereocenters. The predicted molar refractivity (Wildman–Crippen MR) is 98.7 cm³/mol. The molecular formula is C20H25N3O4. The van der Waals surface area contributed by atoms with Crippen molar-refractivity contribution in [2.75, 3.05) is 26.3 Å². The fraction of sp³-hybridized carbons (Fsp3) is 0.550. The average molecular weight is 371 g/mol. The highest BCUT2D eigenvalue weighted by molar-refractivity contribution is 5.91. The third kappa shape index (κ3) is 3.98. The van der Waals surface area contributed by atoms with Crippen LogP contribution < -0.4 is 5.32 Å². The van der Waals surface area contributed by atoms with E-state index in [9.17, 15) is 9.59 Å². The van der Waals surface area contributed by atoms with Gasteiger partial charge in [-0.05, 0) is 49.3 Å². The maximum Gasteiger partial charge on any atom is 0.410 e. The number of carbonyl (C=O) groups is 2. The van der Waals surface area contributed by atoms with Gasteiger partial charge in [0.25, 0.3) is 0 Å². The van der Waals surface area contributed by atoms with Crippen LogP contribution in [0.5, 0.6) is 0 Å². The summed E-state index contributed by atoms with van der Waals surface area (Å²) in [5.74, 6) is 0.740. The summed E-state index contributed by atoms with van der Waals surface area (Å²) >= 11 is 0. The SMILES string of the molecule is CC1(OC(=O)N2C[C@@H]3CC2C[C@H]3CNC(=O)/C=C/c2cccnc2)COC1. The summed E-state index contributed by atoms with van der Waals surface area (Å²) in [4.78, 5) is 30.3. The van der Waals surface area contributed by atoms with Gasteiger partial charge in [0, 0.05) is 37.6 Å². The zero-order valence-electron chi connectivity index (χ0n) is 15.5. The third-order valence-electron chi connectivity index (χ3n) is 5.72. The van der Waals surface area contributed by atoms with Crippen molar-refractivity contribution in [3.8, 4) is 0 Å². The van der Waals surface area contributed by atoms with Crippen LogP contribution in [0.1, 0.15) is 25.3 Å². The Balaban J connectivity index is 1.22. The number of aromatic nitrogens is 1. The monoisotopic (exact) mass is 371 g/mol. The van der Waals surface area contributed by atoms with Crippen LogP contribution in [0.4, 0.5) is 4.79 Å². The van der Waals surface area contributed by atoms with Crippen LogP contribution in [0.15, 0.2) is 30.6 Å². The molecule has 0 radical (unpaired) electrons. The Labute approximate surface area is 158 Å². The first-order valence-electron chi connectivity index (χ1n) is 9.46. The second kappa shape index (κ2) is 7.31. The average Bonchev–Trinajstić information content (AvgIpc) is 3.24. The molecule has 7 nitrogen and oxygen atoms in total. The number of likely N-dealkylation sites (tertiary alicyclic amines) is 1. The molecule has 144 valence electrons. The number of nitrogens with zero attached hydrogens (tertiary/aromatic N) is 2. The van der Waals surface area contributed by atoms with Gasteiger partial charge in [-0.2, -0.15) is 0 Å². The van der Waals surface area contributed by atoms with Gasteiger partial charge in [0.2, 0.25) is 5.91 Å². The van der Waals surface area contributed by atoms with Crippen molar-refractivity contribution in [1.29, 1.82) is 0 Å². The van der Waals surface area contributed by atoms with Crippen molar-refractivity contribution >= 4 is 18.1 Å². The van der Waals surface area contributed by atoms with Crippen LogP contribution in [-0.4, -0.2) is 59.8 Å². The van der Waals surface area contributed by atoms with Crippen LogP contribution in [0, 0.1) is 11.8 Å². The Hall–Kier alpha value is -2.41. The van der Waals surface area contributed by atoms with Crippen LogP contribution in [0.3, 0.4) is 0 Å². The van der Waals surface area contributed by atoms with Gasteiger partial charge in [0.1, 0.15) is 0 Å². The standard InChI is InChI=1S/C20H25N3O4/c1-20(12-26-13-20)27-19(25)23-11-16-8-17(23)7-15(16)10-22-18(24)5-4-14-3-2-6-21-9-14/h2-6,9,15-17H,7-8,10-13H2,1H3,(H,22,24)/b5-4+/t15-,16-,17?/m0/s1. The maximum atomic E-state index is 12.4. The van der Waals surface area contributed by atoms with Crippen LogP contribution in [0.2, 0.25) is 0 Å². The molecule has 1 N–H and O–H groups in total. The number of hydrogen-bond acceptors (Lipinski definition) is 5. The highest BCUT2D eigenvalue weighted by atomic mass is 16.6. The van der Waals surface area contributed by atoms with E-state index in [1.807, 2.05) is 24.0 Å². The molecular weight excluding hydrogens is 346 g/mol. The molecule has 1 aromatic heterocycles. The van der Waals surface area contributed by atoms with E-state index in [0.717, 1.165) is 18.4 Å². The highest BCUT2D eigenvalue weighted by Gasteiger charge is 2.48. The summed E-state index contributed by atoms with van der Waals surface area (Å²) in [6, 6.07) is 3.96. The molecule has 2 amide bonds. The zero-order chi connectivity index (χ0) is 18.9. The summed E-state index contributed by atoms with van der Waals surface area (Å²) in [6.45, 7) is 4.21. The number of carbonyl (C=O) groups excluding carboxylic acids is 2. The van der Waals surface area contributed by atoms with Crippen molar-refractivity contribution in [2.24, 2.45) is 11.8 Å². The predicted octanol–water partition coefficient (Wildman–Crippen LogP) is 1.85. The first-order valence-corrected chi connectivity index (χ1v) is 9.46. The van der Waals surface area contributed by atoms with Gasteiger partial charge in [-0.25, -0.2) is 4.79 Å². The molecule has 1 aliphatic carbocycles. The number of piperidine rings is 1. The van der Waals surface area contributed by atoms with Crippen molar-refractivity contribution in [1.82, 2.24) is 15.2 Å². The summed E-state index contributed by atoms with van der Waals surface area (Å²) in [6.07, 6.45) is 8.39. The second-order valence-electron chi connectivity index (χ2n) is 7.97. The van der Waals surface area contributed by atoms with Gasteiger partial charge in [0.15, 0.2) is 5.60 Å². The Bertz CT molecular complexity index is 732. The molecule has 4 rings (SSSR count). The first kappa shape index (κ1) is 18.0. The molecule has 1 saturated carbocycles. The molecule has 7 heteroatoms. The van der Waals surface area contributed by atoms with E-state index in [4.69, 9.17) is 9.47 Å². The number of hydrogen-bond donors (Lipinski definition) is 1. The first-order chi connectivity index (χ1) is 13.0. The van der Waals surface area contributed by atoms with E-state index in [2.05, 4.69) is 10.3 Å². The summed E-state index contributed by atoms with van der Waals surface area (Å²) in [5.41, 5.74) is 0.430. The molecule has 0 aromatic carbocycles. The quantitative estimate of drug-likeness (QED) is 0.799. The minimum Gasteiger partial charge on any atom is -0.438 e. The molecule has 2 aliphatic heterocycles. The van der Waals surface area contributed by atoms with Crippen molar-refractivity contribution in [3.05, 3.63) is 36.2 Å². The molecule has 0 spiro atoms. The van der Waals surface area contributed by atoms with E-state index in [0.29, 0.717) is 38.1 Å². The fourth-order valence-electron chi connectivity index (χ4n) is 4.19. The number of pyridine rings is 1. The van der Waals surface area contributed by atoms with Crippen molar-refractivity contribution in [3.63, 3.8) is 0 Å². The zero-order valence-corrected chi connectivity index (χ0v) is 15.5. The van der Waals surface area contributed by atoms with Gasteiger partial charge in [-0.15, -0.1) is 0 Å². The smallest absolute Gasteiger partial charge is 0.410 e. The van der Waals surface area contributed by atoms with E-state index >= 15 is 0 Å². The molecule has 2 saturated heterocycles. The van der Waals surface area contributed by atoms with Crippen molar-refractivity contribution in [2.45, 2.75) is 31.4 Å². The molecule has 3 fully saturated rings. The number of rotatable bonds is 5. The lowest BCUT2D eigenvalue weighted by molar-refractivity contribution is -0.172. The van der Waals surface area contributed by atoms with Gasteiger partial charge in [0.05, 0.1) is 13.2 Å². The minimum atomic E-state index is -0.465. The van der Waals surface area contributed by atoms with E-state index in [-0.39, 0.29) is 18.0 Å². The molecule has 2 bridgehead atoms. The fourth-order valence-corrected chi connectivity index (χ4v) is 4.19. The van der Waals surface area contributed by atoms with Gasteiger partial charge in [-0.1, -0.05) is 6.07 Å². The highest BCUT2D eigenvalue weighted by Crippen LogP contribution is 2.42. The van der Waals surface area contributed by atoms with E-state index in [1.165, 1.54) is 6.08 Å². The summed E-state index contributed by atoms with van der Waals surface area (Å²) < 4.78 is 10.7. The number of fused-ring (bicyclic) bond motifs is 2. The van der Waals surface area contributed by atoms with E-state index < -0.39 is 5.60 Å². The van der Waals surface area contributed by atoms with Gasteiger partial charge < -0.3 is 19.7 Å². The lowest BCUT2D eigenvalue weighted by atomic mass is 9.94. The van der Waals surface area contributed by atoms with Crippen molar-refractivity contribution < 1.29 is 19.1 Å². The third-order valence-corrected chi connectivity index (χ3v) is 5.72. The Morgan fingerprint density at radius 1 is 1.44 bits per heavy atom. The second-order valence-corrected chi connectivity index (χ2v) is 7.97. The lowest BCUT2D eigenvalue weighted by Gasteiger charge is -2.40. The topological polar surface area (TPSA) is 80.8 Å². The van der Waals surface area contributed by atoms with Crippen LogP contribution in [-0.2, 0) is 14.3 Å². The van der Waals surface area contributed by atoms with Crippen LogP contribution in [0.25, 0.3) is 6.08 Å². The molecule has 1 aromatic rings. The summed E-state index contributed by atoms with van der Waals surface area (Å²) in [7, 11) is 0. The molecule has 3 heterocycles. The Morgan fingerprint density at radius 3 is 2.93 bits per heavy atom. The normalized spacial score (nSPS) is 28.2. The minimum absolute atomic E-state index is 0.101. The van der Waals surface area contributed by atoms with Crippen LogP contribution >= 0.6 is 0 Å².